The molecule has 1 amide bonds. The number of nitrogens with zero attached hydrogens (tertiary/aromatic N) is 1. The fourth-order valence-electron chi connectivity index (χ4n) is 3.08. The van der Waals surface area contributed by atoms with Gasteiger partial charge in [0.05, 0.1) is 5.54 Å². The summed E-state index contributed by atoms with van der Waals surface area (Å²) in [5.74, 6) is -0.0645. The van der Waals surface area contributed by atoms with Crippen LogP contribution in [0.25, 0.3) is 0 Å². The van der Waals surface area contributed by atoms with Crippen LogP contribution in [0.4, 0.5) is 0 Å². The maximum absolute atomic E-state index is 12.2. The molecule has 3 N–H and O–H groups in total. The lowest BCUT2D eigenvalue weighted by Crippen LogP contribution is -2.51. The average molecular weight is 340 g/mol. The van der Waals surface area contributed by atoms with Crippen molar-refractivity contribution < 1.29 is 4.79 Å². The van der Waals surface area contributed by atoms with Gasteiger partial charge in [-0.2, -0.15) is 0 Å². The predicted octanol–water partition coefficient (Wildman–Crippen LogP) is 2.84. The van der Waals surface area contributed by atoms with Gasteiger partial charge in [-0.25, -0.2) is 0 Å². The lowest BCUT2D eigenvalue weighted by Gasteiger charge is -2.23. The number of rotatable bonds is 7. The molecular weight excluding hydrogens is 310 g/mol. The van der Waals surface area contributed by atoms with Crippen molar-refractivity contribution in [1.29, 1.82) is 0 Å². The first-order chi connectivity index (χ1) is 10.5. The third-order valence-corrected chi connectivity index (χ3v) is 4.44. The maximum Gasteiger partial charge on any atom is 0.240 e. The van der Waals surface area contributed by atoms with Crippen molar-refractivity contribution in [2.75, 3.05) is 13.1 Å². The van der Waals surface area contributed by atoms with E-state index in [1.165, 1.54) is 37.1 Å². The van der Waals surface area contributed by atoms with E-state index in [9.17, 15) is 4.79 Å². The van der Waals surface area contributed by atoms with Crippen molar-refractivity contribution in [2.24, 2.45) is 5.73 Å². The second kappa shape index (κ2) is 9.26. The van der Waals surface area contributed by atoms with Gasteiger partial charge in [0.2, 0.25) is 5.91 Å². The first-order valence-corrected chi connectivity index (χ1v) is 8.39. The Balaban J connectivity index is 0.00000264. The summed E-state index contributed by atoms with van der Waals surface area (Å²) in [4.78, 5) is 14.7. The summed E-state index contributed by atoms with van der Waals surface area (Å²) >= 11 is 0. The fourth-order valence-corrected chi connectivity index (χ4v) is 3.08. The van der Waals surface area contributed by atoms with Crippen LogP contribution in [0.2, 0.25) is 0 Å². The van der Waals surface area contributed by atoms with Gasteiger partial charge in [0, 0.05) is 13.1 Å². The smallest absolute Gasteiger partial charge is 0.240 e. The van der Waals surface area contributed by atoms with Gasteiger partial charge in [-0.1, -0.05) is 37.6 Å². The van der Waals surface area contributed by atoms with Crippen molar-refractivity contribution in [3.8, 4) is 0 Å². The molecule has 1 heterocycles. The van der Waals surface area contributed by atoms with E-state index < -0.39 is 5.54 Å². The minimum atomic E-state index is -0.779. The Kier molecular flexibility index (Phi) is 8.03. The van der Waals surface area contributed by atoms with Crippen LogP contribution in [0.15, 0.2) is 24.3 Å². The quantitative estimate of drug-likeness (QED) is 0.803. The molecule has 2 rings (SSSR count). The molecule has 0 aromatic heterocycles. The first-order valence-electron chi connectivity index (χ1n) is 8.39. The van der Waals surface area contributed by atoms with Crippen LogP contribution in [0.3, 0.4) is 0 Å². The SMILES string of the molecule is CCCC(C)(N)C(=O)NCc1ccccc1CN1CCCC1.Cl. The molecular formula is C18H30ClN3O. The average Bonchev–Trinajstić information content (AvgIpc) is 2.99. The summed E-state index contributed by atoms with van der Waals surface area (Å²) in [6, 6.07) is 8.36. The Morgan fingerprint density at radius 1 is 1.26 bits per heavy atom. The van der Waals surface area contributed by atoms with E-state index in [0.29, 0.717) is 13.0 Å². The zero-order valence-corrected chi connectivity index (χ0v) is 15.1. The predicted molar refractivity (Wildman–Crippen MR) is 97.5 cm³/mol. The Morgan fingerprint density at radius 3 is 2.48 bits per heavy atom. The molecule has 1 aromatic carbocycles. The van der Waals surface area contributed by atoms with Crippen molar-refractivity contribution in [1.82, 2.24) is 10.2 Å². The minimum Gasteiger partial charge on any atom is -0.350 e. The summed E-state index contributed by atoms with van der Waals surface area (Å²) in [6.07, 6.45) is 4.20. The molecule has 1 aliphatic rings. The first kappa shape index (κ1) is 19.9. The third-order valence-electron chi connectivity index (χ3n) is 4.44. The second-order valence-electron chi connectivity index (χ2n) is 6.60. The van der Waals surface area contributed by atoms with Gasteiger partial charge in [-0.15, -0.1) is 12.4 Å². The molecule has 1 unspecified atom stereocenters. The summed E-state index contributed by atoms with van der Waals surface area (Å²) in [5.41, 5.74) is 7.80. The summed E-state index contributed by atoms with van der Waals surface area (Å²) in [7, 11) is 0. The number of carbonyl (C=O) groups is 1. The monoisotopic (exact) mass is 339 g/mol. The van der Waals surface area contributed by atoms with Crippen LogP contribution in [0.5, 0.6) is 0 Å². The van der Waals surface area contributed by atoms with Gasteiger partial charge in [0.15, 0.2) is 0 Å². The van der Waals surface area contributed by atoms with Gasteiger partial charge in [-0.05, 0) is 50.4 Å². The Hall–Kier alpha value is -1.10. The van der Waals surface area contributed by atoms with Crippen LogP contribution in [-0.2, 0) is 17.9 Å². The number of hydrogen-bond donors (Lipinski definition) is 2. The molecule has 1 aliphatic heterocycles. The summed E-state index contributed by atoms with van der Waals surface area (Å²) in [5, 5.41) is 3.01. The molecule has 130 valence electrons. The number of hydrogen-bond acceptors (Lipinski definition) is 3. The van der Waals surface area contributed by atoms with Crippen LogP contribution >= 0.6 is 12.4 Å². The van der Waals surface area contributed by atoms with Crippen molar-refractivity contribution in [2.45, 2.75) is 58.2 Å². The molecule has 0 spiro atoms. The van der Waals surface area contributed by atoms with Crippen molar-refractivity contribution in [3.63, 3.8) is 0 Å². The number of likely N-dealkylation sites (tertiary alicyclic amines) is 1. The van der Waals surface area contributed by atoms with Crippen molar-refractivity contribution in [3.05, 3.63) is 35.4 Å². The number of carbonyl (C=O) groups excluding carboxylic acids is 1. The number of halogens is 1. The lowest BCUT2D eigenvalue weighted by atomic mass is 9.96. The van der Waals surface area contributed by atoms with Gasteiger partial charge < -0.3 is 11.1 Å². The highest BCUT2D eigenvalue weighted by Crippen LogP contribution is 2.16. The molecule has 1 fully saturated rings. The molecule has 1 aromatic rings. The van der Waals surface area contributed by atoms with E-state index in [1.807, 2.05) is 19.9 Å². The maximum atomic E-state index is 12.2. The largest absolute Gasteiger partial charge is 0.350 e. The number of amides is 1. The molecule has 0 saturated carbocycles. The van der Waals surface area contributed by atoms with Gasteiger partial charge in [0.25, 0.3) is 0 Å². The van der Waals surface area contributed by atoms with Gasteiger partial charge in [-0.3, -0.25) is 9.69 Å². The topological polar surface area (TPSA) is 58.4 Å². The zero-order chi connectivity index (χ0) is 16.0. The van der Waals surface area contributed by atoms with E-state index in [4.69, 9.17) is 5.73 Å². The van der Waals surface area contributed by atoms with Crippen LogP contribution in [0.1, 0.15) is 50.7 Å². The van der Waals surface area contributed by atoms with Crippen LogP contribution in [-0.4, -0.2) is 29.4 Å². The molecule has 0 bridgehead atoms. The summed E-state index contributed by atoms with van der Waals surface area (Å²) < 4.78 is 0. The summed E-state index contributed by atoms with van der Waals surface area (Å²) in [6.45, 7) is 7.74. The van der Waals surface area contributed by atoms with Crippen LogP contribution < -0.4 is 11.1 Å². The van der Waals surface area contributed by atoms with Gasteiger partial charge >= 0.3 is 0 Å². The molecule has 0 aliphatic carbocycles. The second-order valence-corrected chi connectivity index (χ2v) is 6.60. The molecule has 23 heavy (non-hydrogen) atoms. The highest BCUT2D eigenvalue weighted by atomic mass is 35.5. The molecule has 4 nitrogen and oxygen atoms in total. The van der Waals surface area contributed by atoms with Gasteiger partial charge in [0.1, 0.15) is 0 Å². The van der Waals surface area contributed by atoms with E-state index in [-0.39, 0.29) is 18.3 Å². The molecule has 0 radical (unpaired) electrons. The normalized spacial score (nSPS) is 17.3. The Bertz CT molecular complexity index is 499. The lowest BCUT2D eigenvalue weighted by molar-refractivity contribution is -0.126. The highest BCUT2D eigenvalue weighted by Gasteiger charge is 2.26. The van der Waals surface area contributed by atoms with E-state index in [0.717, 1.165) is 13.0 Å². The standard InChI is InChI=1S/C18H29N3O.ClH/c1-3-10-18(2,19)17(22)20-13-15-8-4-5-9-16(15)14-21-11-6-7-12-21;/h4-5,8-9H,3,6-7,10-14,19H2,1-2H3,(H,20,22);1H. The number of nitrogens with one attached hydrogen (secondary N) is 1. The Morgan fingerprint density at radius 2 is 1.87 bits per heavy atom. The molecule has 5 heteroatoms. The molecule has 1 saturated heterocycles. The van der Waals surface area contributed by atoms with Crippen LogP contribution in [0, 0.1) is 0 Å². The van der Waals surface area contributed by atoms with E-state index in [1.54, 1.807) is 0 Å². The fraction of sp³-hybridized carbons (Fsp3) is 0.611. The van der Waals surface area contributed by atoms with E-state index in [2.05, 4.69) is 28.4 Å². The van der Waals surface area contributed by atoms with E-state index >= 15 is 0 Å². The Labute approximate surface area is 146 Å². The van der Waals surface area contributed by atoms with Crippen molar-refractivity contribution >= 4 is 18.3 Å². The molecule has 1 atom stereocenters. The minimum absolute atomic E-state index is 0. The zero-order valence-electron chi connectivity index (χ0n) is 14.3. The number of benzene rings is 1. The third kappa shape index (κ3) is 5.79. The highest BCUT2D eigenvalue weighted by molar-refractivity contribution is 5.85. The number of nitrogens with two attached hydrogens (primary N) is 1.